The molecule has 14 heavy (non-hydrogen) atoms. The summed E-state index contributed by atoms with van der Waals surface area (Å²) in [4.78, 5) is 0. The summed E-state index contributed by atoms with van der Waals surface area (Å²) in [6, 6.07) is 3.70. The molecule has 1 radical (unpaired) electrons. The summed E-state index contributed by atoms with van der Waals surface area (Å²) in [5, 5.41) is 0. The third kappa shape index (κ3) is 2.83. The summed E-state index contributed by atoms with van der Waals surface area (Å²) in [6.45, 7) is 3.57. The van der Waals surface area contributed by atoms with E-state index in [1.807, 2.05) is 0 Å². The topological polar surface area (TPSA) is 18.5 Å². The molecule has 77 valence electrons. The van der Waals surface area contributed by atoms with Crippen molar-refractivity contribution in [3.05, 3.63) is 30.7 Å². The van der Waals surface area contributed by atoms with Gasteiger partial charge in [0.05, 0.1) is 7.11 Å². The fourth-order valence-electron chi connectivity index (χ4n) is 0.922. The van der Waals surface area contributed by atoms with Gasteiger partial charge in [-0.25, -0.2) is 0 Å². The van der Waals surface area contributed by atoms with Gasteiger partial charge in [0.25, 0.3) is 0 Å². The van der Waals surface area contributed by atoms with Gasteiger partial charge in [-0.2, -0.15) is 0 Å². The van der Waals surface area contributed by atoms with Gasteiger partial charge in [0, 0.05) is 6.07 Å². The lowest BCUT2D eigenvalue weighted by atomic mass is 10.2. The van der Waals surface area contributed by atoms with E-state index < -0.39 is 6.36 Å². The molecule has 0 saturated carbocycles. The molecule has 0 spiro atoms. The van der Waals surface area contributed by atoms with E-state index in [0.717, 1.165) is 6.07 Å². The average Bonchev–Trinajstić information content (AvgIpc) is 2.06. The fourth-order valence-corrected chi connectivity index (χ4v) is 0.922. The average molecular weight is 205 g/mol. The predicted octanol–water partition coefficient (Wildman–Crippen LogP) is 2.78. The van der Waals surface area contributed by atoms with Crippen molar-refractivity contribution < 1.29 is 22.6 Å². The molecule has 0 heterocycles. The number of hydrogen-bond acceptors (Lipinski definition) is 2. The first kappa shape index (κ1) is 10.7. The minimum Gasteiger partial charge on any atom is -0.496 e. The van der Waals surface area contributed by atoms with Crippen LogP contribution in [0, 0.1) is 6.92 Å². The van der Waals surface area contributed by atoms with E-state index in [-0.39, 0.29) is 11.5 Å². The van der Waals surface area contributed by atoms with Crippen LogP contribution in [-0.4, -0.2) is 13.5 Å². The summed E-state index contributed by atoms with van der Waals surface area (Å²) in [6.07, 6.45) is -4.69. The van der Waals surface area contributed by atoms with Crippen LogP contribution in [0.25, 0.3) is 0 Å². The Morgan fingerprint density at radius 2 is 1.93 bits per heavy atom. The Hall–Kier alpha value is -1.39. The van der Waals surface area contributed by atoms with E-state index >= 15 is 0 Å². The predicted molar refractivity (Wildman–Crippen MR) is 44.1 cm³/mol. The van der Waals surface area contributed by atoms with Crippen LogP contribution < -0.4 is 9.47 Å². The minimum atomic E-state index is -4.69. The maximum atomic E-state index is 11.8. The second-order valence-corrected chi connectivity index (χ2v) is 2.52. The van der Waals surface area contributed by atoms with Gasteiger partial charge in [-0.15, -0.1) is 13.2 Å². The molecule has 1 rings (SSSR count). The summed E-state index contributed by atoms with van der Waals surface area (Å²) in [7, 11) is 1.35. The van der Waals surface area contributed by atoms with Crippen LogP contribution >= 0.6 is 0 Å². The Morgan fingerprint density at radius 1 is 1.29 bits per heavy atom. The highest BCUT2D eigenvalue weighted by Crippen LogP contribution is 2.28. The summed E-state index contributed by atoms with van der Waals surface area (Å²) in [5.74, 6) is -0.0616. The molecule has 0 unspecified atom stereocenters. The lowest BCUT2D eigenvalue weighted by Crippen LogP contribution is -2.17. The van der Waals surface area contributed by atoms with E-state index in [0.29, 0.717) is 5.56 Å². The molecule has 2 nitrogen and oxygen atoms in total. The standard InChI is InChI=1S/C9H8F3O2/c1-6-3-4-7(5-8(6)13-2)14-9(10,11)12/h3-5H,1H2,2H3. The van der Waals surface area contributed by atoms with Gasteiger partial charge in [0.2, 0.25) is 0 Å². The van der Waals surface area contributed by atoms with Crippen LogP contribution in [0.15, 0.2) is 18.2 Å². The Balaban J connectivity index is 2.90. The van der Waals surface area contributed by atoms with Crippen LogP contribution in [0.4, 0.5) is 13.2 Å². The molecule has 1 aromatic rings. The summed E-state index contributed by atoms with van der Waals surface area (Å²) >= 11 is 0. The van der Waals surface area contributed by atoms with Crippen LogP contribution in [0.5, 0.6) is 11.5 Å². The quantitative estimate of drug-likeness (QED) is 0.739. The highest BCUT2D eigenvalue weighted by molar-refractivity contribution is 5.42. The van der Waals surface area contributed by atoms with Crippen molar-refractivity contribution in [3.63, 3.8) is 0 Å². The summed E-state index contributed by atoms with van der Waals surface area (Å²) in [5.41, 5.74) is 0.502. The SMILES string of the molecule is [CH2]c1ccc(OC(F)(F)F)cc1OC. The Morgan fingerprint density at radius 3 is 2.43 bits per heavy atom. The lowest BCUT2D eigenvalue weighted by molar-refractivity contribution is -0.274. The minimum absolute atomic E-state index is 0.256. The molecule has 1 aromatic carbocycles. The van der Waals surface area contributed by atoms with E-state index in [9.17, 15) is 13.2 Å². The first-order valence-corrected chi connectivity index (χ1v) is 3.68. The molecule has 0 aliphatic heterocycles. The number of rotatable bonds is 2. The Labute approximate surface area is 79.2 Å². The third-order valence-electron chi connectivity index (χ3n) is 1.49. The van der Waals surface area contributed by atoms with Crippen molar-refractivity contribution in [1.82, 2.24) is 0 Å². The molecule has 0 aromatic heterocycles. The molecular weight excluding hydrogens is 197 g/mol. The van der Waals surface area contributed by atoms with Crippen molar-refractivity contribution in [2.75, 3.05) is 7.11 Å². The zero-order valence-electron chi connectivity index (χ0n) is 7.39. The number of hydrogen-bond donors (Lipinski definition) is 0. The van der Waals surface area contributed by atoms with Gasteiger partial charge in [-0.05, 0) is 18.6 Å². The van der Waals surface area contributed by atoms with Crippen LogP contribution in [-0.2, 0) is 0 Å². The molecule has 0 bridgehead atoms. The smallest absolute Gasteiger partial charge is 0.496 e. The van der Waals surface area contributed by atoms with Gasteiger partial charge in [-0.1, -0.05) is 6.07 Å². The molecular formula is C9H8F3O2. The second-order valence-electron chi connectivity index (χ2n) is 2.52. The number of halogens is 3. The maximum absolute atomic E-state index is 11.8. The largest absolute Gasteiger partial charge is 0.573 e. The highest BCUT2D eigenvalue weighted by atomic mass is 19.4. The summed E-state index contributed by atoms with van der Waals surface area (Å²) < 4.78 is 43.9. The van der Waals surface area contributed by atoms with E-state index in [2.05, 4.69) is 11.7 Å². The van der Waals surface area contributed by atoms with Gasteiger partial charge in [-0.3, -0.25) is 0 Å². The number of ether oxygens (including phenoxy) is 2. The zero-order valence-corrected chi connectivity index (χ0v) is 7.39. The number of methoxy groups -OCH3 is 1. The molecule has 5 heteroatoms. The van der Waals surface area contributed by atoms with Crippen molar-refractivity contribution in [1.29, 1.82) is 0 Å². The molecule has 0 fully saturated rings. The maximum Gasteiger partial charge on any atom is 0.573 e. The van der Waals surface area contributed by atoms with Gasteiger partial charge in [0.15, 0.2) is 0 Å². The first-order valence-electron chi connectivity index (χ1n) is 3.68. The van der Waals surface area contributed by atoms with Crippen LogP contribution in [0.1, 0.15) is 5.56 Å². The molecule has 0 atom stereocenters. The molecule has 0 saturated heterocycles. The molecule has 0 N–H and O–H groups in total. The van der Waals surface area contributed by atoms with E-state index in [1.165, 1.54) is 19.2 Å². The Kier molecular flexibility index (Phi) is 2.88. The van der Waals surface area contributed by atoms with Crippen molar-refractivity contribution in [2.45, 2.75) is 6.36 Å². The molecule has 0 aliphatic rings. The Bertz CT molecular complexity index is 320. The highest BCUT2D eigenvalue weighted by Gasteiger charge is 2.31. The number of benzene rings is 1. The van der Waals surface area contributed by atoms with Gasteiger partial charge in [0.1, 0.15) is 11.5 Å². The van der Waals surface area contributed by atoms with Crippen LogP contribution in [0.3, 0.4) is 0 Å². The third-order valence-corrected chi connectivity index (χ3v) is 1.49. The van der Waals surface area contributed by atoms with E-state index in [1.54, 1.807) is 0 Å². The fraction of sp³-hybridized carbons (Fsp3) is 0.222. The normalized spacial score (nSPS) is 11.2. The van der Waals surface area contributed by atoms with Crippen molar-refractivity contribution >= 4 is 0 Å². The first-order chi connectivity index (χ1) is 6.42. The van der Waals surface area contributed by atoms with Crippen LogP contribution in [0.2, 0.25) is 0 Å². The van der Waals surface area contributed by atoms with Gasteiger partial charge < -0.3 is 9.47 Å². The van der Waals surface area contributed by atoms with Crippen molar-refractivity contribution in [2.24, 2.45) is 0 Å². The molecule has 0 amide bonds. The van der Waals surface area contributed by atoms with E-state index in [4.69, 9.17) is 4.74 Å². The zero-order chi connectivity index (χ0) is 10.8. The lowest BCUT2D eigenvalue weighted by Gasteiger charge is -2.10. The monoisotopic (exact) mass is 205 g/mol. The van der Waals surface area contributed by atoms with Gasteiger partial charge >= 0.3 is 6.36 Å². The van der Waals surface area contributed by atoms with Crippen molar-refractivity contribution in [3.8, 4) is 11.5 Å². The molecule has 0 aliphatic carbocycles. The number of alkyl halides is 3. The second kappa shape index (κ2) is 3.77.